The van der Waals surface area contributed by atoms with E-state index in [4.69, 9.17) is 9.47 Å². The molecule has 2 fully saturated rings. The molecular formula is C42H47F2N11O6. The lowest BCUT2D eigenvalue weighted by Gasteiger charge is -2.31. The summed E-state index contributed by atoms with van der Waals surface area (Å²) < 4.78 is 42.8. The zero-order valence-electron chi connectivity index (χ0n) is 33.6. The predicted octanol–water partition coefficient (Wildman–Crippen LogP) is 4.72. The van der Waals surface area contributed by atoms with E-state index in [2.05, 4.69) is 46.2 Å². The minimum Gasteiger partial charge on any atom is -0.457 e. The van der Waals surface area contributed by atoms with Gasteiger partial charge in [0.15, 0.2) is 11.3 Å². The number of ether oxygens (including phenoxy) is 2. The van der Waals surface area contributed by atoms with Crippen LogP contribution in [0, 0.1) is 5.92 Å². The minimum atomic E-state index is -2.88. The summed E-state index contributed by atoms with van der Waals surface area (Å²) in [4.78, 5) is 59.0. The normalized spacial score (nSPS) is 18.0. The number of amides is 5. The number of carbonyl (C=O) groups is 4. The Morgan fingerprint density at radius 1 is 1.03 bits per heavy atom. The number of likely N-dealkylation sites (N-methyl/N-ethyl adjacent to an activating group) is 1. The van der Waals surface area contributed by atoms with Crippen LogP contribution >= 0.6 is 0 Å². The van der Waals surface area contributed by atoms with Crippen LogP contribution < -0.4 is 30.9 Å². The van der Waals surface area contributed by atoms with Gasteiger partial charge in [-0.3, -0.25) is 24.4 Å². The molecular weight excluding hydrogens is 793 g/mol. The fraction of sp³-hybridized carbons (Fsp3) is 0.405. The first-order chi connectivity index (χ1) is 29.6. The molecule has 1 saturated carbocycles. The number of halogens is 2. The van der Waals surface area contributed by atoms with E-state index >= 15 is 0 Å². The van der Waals surface area contributed by atoms with Gasteiger partial charge in [0.2, 0.25) is 5.91 Å². The van der Waals surface area contributed by atoms with Crippen molar-refractivity contribution in [2.45, 2.75) is 51.1 Å². The van der Waals surface area contributed by atoms with E-state index in [1.165, 1.54) is 16.9 Å². The minimum absolute atomic E-state index is 0.0370. The molecule has 320 valence electrons. The average Bonchev–Trinajstić information content (AvgIpc) is 3.88. The average molecular weight is 840 g/mol. The van der Waals surface area contributed by atoms with Crippen molar-refractivity contribution in [1.82, 2.24) is 45.2 Å². The molecule has 1 saturated heterocycles. The highest BCUT2D eigenvalue weighted by Gasteiger charge is 2.29. The monoisotopic (exact) mass is 839 g/mol. The van der Waals surface area contributed by atoms with Crippen LogP contribution in [0.2, 0.25) is 0 Å². The second kappa shape index (κ2) is 18.4. The Balaban J connectivity index is 0.760. The number of alkyl halides is 2. The van der Waals surface area contributed by atoms with Gasteiger partial charge in [-0.25, -0.2) is 23.1 Å². The lowest BCUT2D eigenvalue weighted by Crippen LogP contribution is -2.40. The molecule has 0 radical (unpaired) electrons. The quantitative estimate of drug-likeness (QED) is 0.113. The Morgan fingerprint density at radius 3 is 2.59 bits per heavy atom. The number of benzene rings is 2. The molecule has 5 heterocycles. The summed E-state index contributed by atoms with van der Waals surface area (Å²) in [5.74, 6) is 0.521. The summed E-state index contributed by atoms with van der Waals surface area (Å²) in [6.07, 6.45) is 5.08. The fourth-order valence-corrected chi connectivity index (χ4v) is 8.03. The Kier molecular flexibility index (Phi) is 12.5. The highest BCUT2D eigenvalue weighted by molar-refractivity contribution is 6.11. The van der Waals surface area contributed by atoms with Crippen molar-refractivity contribution in [3.8, 4) is 11.5 Å². The van der Waals surface area contributed by atoms with Crippen molar-refractivity contribution in [2.24, 2.45) is 5.92 Å². The van der Waals surface area contributed by atoms with Crippen LogP contribution in [0.3, 0.4) is 0 Å². The van der Waals surface area contributed by atoms with E-state index in [0.29, 0.717) is 85.9 Å². The summed E-state index contributed by atoms with van der Waals surface area (Å²) in [5.41, 5.74) is 1.79. The van der Waals surface area contributed by atoms with Crippen molar-refractivity contribution in [2.75, 3.05) is 63.2 Å². The molecule has 61 heavy (non-hydrogen) atoms. The molecule has 2 aromatic carbocycles. The number of nitrogens with one attached hydrogen (secondary N) is 4. The van der Waals surface area contributed by atoms with Crippen LogP contribution in [0.15, 0.2) is 67.1 Å². The number of imide groups is 1. The Bertz CT molecular complexity index is 2390. The second-order valence-electron chi connectivity index (χ2n) is 15.5. The number of anilines is 2. The summed E-state index contributed by atoms with van der Waals surface area (Å²) >= 11 is 0. The van der Waals surface area contributed by atoms with Gasteiger partial charge in [0.25, 0.3) is 18.2 Å². The molecule has 0 atom stereocenters. The molecule has 0 spiro atoms. The molecule has 0 bridgehead atoms. The SMILES string of the molecule is CN(CCNC(=O)NCc1ccc(Oc2cccc3c2C(=O)NC(=O)C3)cc1)CC1CCC(n2cc(NC(=O)c3cnn4ccc(N5CCOCC5)nc34)c(C(F)F)n2)CC1. The highest BCUT2D eigenvalue weighted by atomic mass is 19.3. The zero-order valence-corrected chi connectivity index (χ0v) is 33.6. The van der Waals surface area contributed by atoms with Crippen LogP contribution in [-0.4, -0.2) is 106 Å². The van der Waals surface area contributed by atoms with E-state index < -0.39 is 23.9 Å². The first-order valence-electron chi connectivity index (χ1n) is 20.4. The lowest BCUT2D eigenvalue weighted by molar-refractivity contribution is -0.119. The number of aromatic nitrogens is 5. The van der Waals surface area contributed by atoms with Crippen molar-refractivity contribution in [1.29, 1.82) is 0 Å². The number of hydrogen-bond donors (Lipinski definition) is 4. The van der Waals surface area contributed by atoms with Crippen LogP contribution in [0.4, 0.5) is 25.1 Å². The molecule has 2 aliphatic heterocycles. The van der Waals surface area contributed by atoms with Gasteiger partial charge in [0, 0.05) is 51.7 Å². The van der Waals surface area contributed by atoms with Crippen LogP contribution in [0.5, 0.6) is 11.5 Å². The van der Waals surface area contributed by atoms with E-state index in [1.807, 2.05) is 25.2 Å². The Labute approximate surface area is 349 Å². The summed E-state index contributed by atoms with van der Waals surface area (Å²) in [6.45, 7) is 4.70. The van der Waals surface area contributed by atoms with Crippen molar-refractivity contribution in [3.63, 3.8) is 0 Å². The highest BCUT2D eigenvalue weighted by Crippen LogP contribution is 2.35. The van der Waals surface area contributed by atoms with Gasteiger partial charge < -0.3 is 35.2 Å². The van der Waals surface area contributed by atoms with Crippen LogP contribution in [0.25, 0.3) is 5.65 Å². The predicted molar refractivity (Wildman–Crippen MR) is 219 cm³/mol. The largest absolute Gasteiger partial charge is 0.457 e. The first-order valence-corrected chi connectivity index (χ1v) is 20.4. The van der Waals surface area contributed by atoms with Crippen molar-refractivity contribution in [3.05, 3.63) is 95.1 Å². The molecule has 3 aliphatic rings. The Hall–Kier alpha value is -6.47. The summed E-state index contributed by atoms with van der Waals surface area (Å²) in [5, 5.41) is 19.2. The van der Waals surface area contributed by atoms with Crippen LogP contribution in [0.1, 0.15) is 75.7 Å². The van der Waals surface area contributed by atoms with E-state index in [-0.39, 0.29) is 35.7 Å². The van der Waals surface area contributed by atoms with E-state index in [1.54, 1.807) is 41.2 Å². The maximum atomic E-state index is 14.2. The fourth-order valence-electron chi connectivity index (χ4n) is 8.03. The summed E-state index contributed by atoms with van der Waals surface area (Å²) in [7, 11) is 2.01. The van der Waals surface area contributed by atoms with Crippen LogP contribution in [-0.2, 0) is 22.5 Å². The molecule has 3 aromatic heterocycles. The van der Waals surface area contributed by atoms with Gasteiger partial charge in [-0.1, -0.05) is 24.3 Å². The molecule has 17 nitrogen and oxygen atoms in total. The third kappa shape index (κ3) is 9.78. The number of hydrogen-bond acceptors (Lipinski definition) is 11. The smallest absolute Gasteiger partial charge is 0.315 e. The standard InChI is InChI=1S/C42H47F2N11O6/c1-52(16-14-45-42(59)46-22-26-7-11-30(12-8-26)61-33-4-2-3-28-21-35(56)50-41(58)36(28)33)24-27-5-9-29(10-6-27)55-25-32(37(51-55)38(43)44)48-40(57)31-23-47-54-15-13-34(49-39(31)54)53-17-19-60-20-18-53/h2-4,7-8,11-13,15,23,25,27,29,38H,5-6,9-10,14,16-22,24H2,1H3,(H,48,57)(H2,45,46,59)(H,50,56,58). The van der Waals surface area contributed by atoms with Gasteiger partial charge in [0.1, 0.15) is 22.9 Å². The van der Waals surface area contributed by atoms with E-state index in [0.717, 1.165) is 37.8 Å². The molecule has 0 unspecified atom stereocenters. The zero-order chi connectivity index (χ0) is 42.5. The van der Waals surface area contributed by atoms with Gasteiger partial charge in [-0.15, -0.1) is 0 Å². The molecule has 1 aliphatic carbocycles. The number of urea groups is 1. The third-order valence-corrected chi connectivity index (χ3v) is 11.2. The number of nitrogens with zero attached hydrogens (tertiary/aromatic N) is 7. The maximum Gasteiger partial charge on any atom is 0.315 e. The number of carbonyl (C=O) groups excluding carboxylic acids is 4. The summed E-state index contributed by atoms with van der Waals surface area (Å²) in [6, 6.07) is 13.7. The number of rotatable bonds is 14. The molecule has 5 aromatic rings. The van der Waals surface area contributed by atoms with Gasteiger partial charge in [-0.05, 0) is 74.0 Å². The van der Waals surface area contributed by atoms with Crippen molar-refractivity contribution < 1.29 is 37.4 Å². The van der Waals surface area contributed by atoms with Gasteiger partial charge in [0.05, 0.1) is 43.1 Å². The third-order valence-electron chi connectivity index (χ3n) is 11.2. The molecule has 19 heteroatoms. The lowest BCUT2D eigenvalue weighted by atomic mass is 9.86. The topological polar surface area (TPSA) is 189 Å². The Morgan fingerprint density at radius 2 is 1.82 bits per heavy atom. The van der Waals surface area contributed by atoms with Gasteiger partial charge >= 0.3 is 6.03 Å². The maximum absolute atomic E-state index is 14.2. The second-order valence-corrected chi connectivity index (χ2v) is 15.5. The number of morpholine rings is 1. The molecule has 8 rings (SSSR count). The van der Waals surface area contributed by atoms with E-state index in [9.17, 15) is 28.0 Å². The molecule has 4 N–H and O–H groups in total. The molecule has 5 amide bonds. The number of fused-ring (bicyclic) bond motifs is 2. The van der Waals surface area contributed by atoms with Crippen molar-refractivity contribution >= 4 is 40.9 Å². The van der Waals surface area contributed by atoms with Gasteiger partial charge in [-0.2, -0.15) is 10.2 Å². The first kappa shape index (κ1) is 41.3.